The van der Waals surface area contributed by atoms with Gasteiger partial charge in [-0.3, -0.25) is 14.5 Å². The predicted molar refractivity (Wildman–Crippen MR) is 133 cm³/mol. The van der Waals surface area contributed by atoms with Gasteiger partial charge in [0.15, 0.2) is 0 Å². The summed E-state index contributed by atoms with van der Waals surface area (Å²) in [6.07, 6.45) is 2.61. The van der Waals surface area contributed by atoms with Crippen molar-refractivity contribution in [2.24, 2.45) is 0 Å². The third-order valence-electron chi connectivity index (χ3n) is 6.11. The Kier molecular flexibility index (Phi) is 7.11. The van der Waals surface area contributed by atoms with Gasteiger partial charge in [0.2, 0.25) is 5.91 Å². The molecule has 0 aliphatic carbocycles. The first-order valence-corrected chi connectivity index (χ1v) is 11.6. The zero-order chi connectivity index (χ0) is 23.4. The van der Waals surface area contributed by atoms with E-state index in [1.54, 1.807) is 6.20 Å². The molecule has 1 aliphatic heterocycles. The molecule has 172 valence electrons. The Hall–Kier alpha value is -3.16. The van der Waals surface area contributed by atoms with Crippen molar-refractivity contribution in [2.45, 2.75) is 26.3 Å². The summed E-state index contributed by atoms with van der Waals surface area (Å²) in [5, 5.41) is 7.48. The maximum atomic E-state index is 12.8. The van der Waals surface area contributed by atoms with Crippen molar-refractivity contribution >= 4 is 28.9 Å². The quantitative estimate of drug-likeness (QED) is 0.602. The first kappa shape index (κ1) is 23.0. The van der Waals surface area contributed by atoms with E-state index < -0.39 is 0 Å². The summed E-state index contributed by atoms with van der Waals surface area (Å²) in [4.78, 5) is 29.7. The number of para-hydroxylation sites is 1. The summed E-state index contributed by atoms with van der Waals surface area (Å²) in [6, 6.07) is 16.9. The molecule has 2 heterocycles. The van der Waals surface area contributed by atoms with E-state index in [2.05, 4.69) is 27.1 Å². The van der Waals surface area contributed by atoms with E-state index in [-0.39, 0.29) is 22.5 Å². The third kappa shape index (κ3) is 5.10. The minimum absolute atomic E-state index is 0.0298. The number of aromatic nitrogens is 2. The highest BCUT2D eigenvalue weighted by Gasteiger charge is 2.27. The van der Waals surface area contributed by atoms with E-state index in [0.717, 1.165) is 12.1 Å². The van der Waals surface area contributed by atoms with Crippen LogP contribution in [-0.2, 0) is 11.2 Å². The molecule has 7 nitrogen and oxygen atoms in total. The highest BCUT2D eigenvalue weighted by Crippen LogP contribution is 2.23. The fourth-order valence-electron chi connectivity index (χ4n) is 3.98. The van der Waals surface area contributed by atoms with Crippen LogP contribution >= 0.6 is 11.6 Å². The molecule has 1 saturated heterocycles. The van der Waals surface area contributed by atoms with Crippen molar-refractivity contribution in [3.8, 4) is 5.69 Å². The fourth-order valence-corrected chi connectivity index (χ4v) is 4.23. The van der Waals surface area contributed by atoms with Crippen LogP contribution in [0.3, 0.4) is 0 Å². The van der Waals surface area contributed by atoms with Gasteiger partial charge in [-0.25, -0.2) is 0 Å². The monoisotopic (exact) mass is 465 g/mol. The van der Waals surface area contributed by atoms with E-state index in [1.165, 1.54) is 10.2 Å². The molecule has 1 amide bonds. The molecule has 1 unspecified atom stereocenters. The Labute approximate surface area is 198 Å². The number of amides is 1. The molecule has 33 heavy (non-hydrogen) atoms. The average molecular weight is 466 g/mol. The van der Waals surface area contributed by atoms with E-state index in [4.69, 9.17) is 11.6 Å². The summed E-state index contributed by atoms with van der Waals surface area (Å²) in [6.45, 7) is 6.69. The number of piperazine rings is 1. The lowest BCUT2D eigenvalue weighted by atomic mass is 10.1. The molecule has 4 rings (SSSR count). The van der Waals surface area contributed by atoms with E-state index >= 15 is 0 Å². The predicted octanol–water partition coefficient (Wildman–Crippen LogP) is 3.60. The second-order valence-corrected chi connectivity index (χ2v) is 8.51. The second kappa shape index (κ2) is 10.2. The summed E-state index contributed by atoms with van der Waals surface area (Å²) in [5.41, 5.74) is 3.00. The topological polar surface area (TPSA) is 70.5 Å². The number of nitrogens with zero attached hydrogens (tertiary/aromatic N) is 4. The molecule has 0 saturated carbocycles. The molecule has 1 fully saturated rings. The van der Waals surface area contributed by atoms with E-state index in [9.17, 15) is 9.59 Å². The van der Waals surface area contributed by atoms with Gasteiger partial charge >= 0.3 is 0 Å². The summed E-state index contributed by atoms with van der Waals surface area (Å²) in [7, 11) is 0. The number of carbonyl (C=O) groups excluding carboxylic acids is 1. The third-order valence-corrected chi connectivity index (χ3v) is 6.47. The first-order chi connectivity index (χ1) is 16.0. The van der Waals surface area contributed by atoms with Crippen molar-refractivity contribution < 1.29 is 4.79 Å². The van der Waals surface area contributed by atoms with Gasteiger partial charge in [0.05, 0.1) is 23.6 Å². The number of halogens is 1. The lowest BCUT2D eigenvalue weighted by Gasteiger charge is -2.38. The standard InChI is InChI=1S/C25H28ClN5O2/c1-3-19-9-11-20(12-10-19)28-24(32)18(2)29-13-15-30(16-14-29)22-17-27-31(25(33)23(22)26)21-7-5-4-6-8-21/h4-12,17-18H,3,13-16H2,1-2H3,(H,28,32). The number of carbonyl (C=O) groups is 1. The van der Waals surface area contributed by atoms with Gasteiger partial charge in [-0.1, -0.05) is 48.9 Å². The lowest BCUT2D eigenvalue weighted by Crippen LogP contribution is -2.53. The Bertz CT molecular complexity index is 1160. The van der Waals surface area contributed by atoms with Gasteiger partial charge in [0.1, 0.15) is 5.02 Å². The van der Waals surface area contributed by atoms with E-state index in [1.807, 2.05) is 61.5 Å². The van der Waals surface area contributed by atoms with Crippen LogP contribution in [0, 0.1) is 0 Å². The smallest absolute Gasteiger partial charge is 0.292 e. The molecule has 1 aliphatic rings. The normalized spacial score (nSPS) is 15.3. The van der Waals surface area contributed by atoms with Gasteiger partial charge in [-0.05, 0) is 43.2 Å². The number of rotatable bonds is 6. The molecule has 0 spiro atoms. The van der Waals surface area contributed by atoms with Crippen LogP contribution in [-0.4, -0.2) is 52.8 Å². The molecule has 8 heteroatoms. The highest BCUT2D eigenvalue weighted by atomic mass is 35.5. The van der Waals surface area contributed by atoms with Crippen molar-refractivity contribution in [2.75, 3.05) is 36.4 Å². The zero-order valence-corrected chi connectivity index (χ0v) is 19.6. The van der Waals surface area contributed by atoms with Crippen LogP contribution in [0.1, 0.15) is 19.4 Å². The molecule has 1 atom stereocenters. The molecule has 1 aromatic heterocycles. The summed E-state index contributed by atoms with van der Waals surface area (Å²) < 4.78 is 1.31. The Morgan fingerprint density at radius 2 is 1.73 bits per heavy atom. The average Bonchev–Trinajstić information content (AvgIpc) is 2.86. The van der Waals surface area contributed by atoms with Gasteiger partial charge in [0, 0.05) is 31.9 Å². The van der Waals surface area contributed by atoms with Crippen LogP contribution < -0.4 is 15.8 Å². The number of aryl methyl sites for hydroxylation is 1. The molecular weight excluding hydrogens is 438 g/mol. The second-order valence-electron chi connectivity index (χ2n) is 8.14. The summed E-state index contributed by atoms with van der Waals surface area (Å²) >= 11 is 6.45. The minimum atomic E-state index is -0.343. The number of hydrogen-bond acceptors (Lipinski definition) is 5. The summed E-state index contributed by atoms with van der Waals surface area (Å²) in [5.74, 6) is -0.0298. The minimum Gasteiger partial charge on any atom is -0.366 e. The van der Waals surface area contributed by atoms with Gasteiger partial charge in [-0.2, -0.15) is 9.78 Å². The van der Waals surface area contributed by atoms with Crippen LogP contribution in [0.25, 0.3) is 5.69 Å². The maximum absolute atomic E-state index is 12.8. The van der Waals surface area contributed by atoms with Gasteiger partial charge < -0.3 is 10.2 Å². The highest BCUT2D eigenvalue weighted by molar-refractivity contribution is 6.33. The number of benzene rings is 2. The number of nitrogens with one attached hydrogen (secondary N) is 1. The molecule has 1 N–H and O–H groups in total. The Morgan fingerprint density at radius 3 is 2.36 bits per heavy atom. The number of anilines is 2. The van der Waals surface area contributed by atoms with Crippen LogP contribution in [0.4, 0.5) is 11.4 Å². The van der Waals surface area contributed by atoms with Crippen molar-refractivity contribution in [1.29, 1.82) is 0 Å². The largest absolute Gasteiger partial charge is 0.366 e. The molecule has 0 bridgehead atoms. The van der Waals surface area contributed by atoms with Crippen LogP contribution in [0.15, 0.2) is 65.6 Å². The molecular formula is C25H28ClN5O2. The van der Waals surface area contributed by atoms with Crippen molar-refractivity contribution in [3.63, 3.8) is 0 Å². The zero-order valence-electron chi connectivity index (χ0n) is 18.9. The van der Waals surface area contributed by atoms with Crippen molar-refractivity contribution in [1.82, 2.24) is 14.7 Å². The van der Waals surface area contributed by atoms with Gasteiger partial charge in [-0.15, -0.1) is 0 Å². The Morgan fingerprint density at radius 1 is 1.06 bits per heavy atom. The van der Waals surface area contributed by atoms with Crippen molar-refractivity contribution in [3.05, 3.63) is 81.7 Å². The fraction of sp³-hybridized carbons (Fsp3) is 0.320. The molecule has 3 aromatic rings. The van der Waals surface area contributed by atoms with Crippen LogP contribution in [0.2, 0.25) is 5.02 Å². The number of hydrogen-bond donors (Lipinski definition) is 1. The first-order valence-electron chi connectivity index (χ1n) is 11.2. The van der Waals surface area contributed by atoms with Crippen LogP contribution in [0.5, 0.6) is 0 Å². The molecule has 0 radical (unpaired) electrons. The molecule has 2 aromatic carbocycles. The van der Waals surface area contributed by atoms with E-state index in [0.29, 0.717) is 37.6 Å². The Balaban J connectivity index is 1.38. The lowest BCUT2D eigenvalue weighted by molar-refractivity contribution is -0.120. The van der Waals surface area contributed by atoms with Gasteiger partial charge in [0.25, 0.3) is 5.56 Å². The maximum Gasteiger partial charge on any atom is 0.292 e. The SMILES string of the molecule is CCc1ccc(NC(=O)C(C)N2CCN(c3cnn(-c4ccccc4)c(=O)c3Cl)CC2)cc1.